The van der Waals surface area contributed by atoms with Crippen LogP contribution in [0.2, 0.25) is 5.02 Å². The first kappa shape index (κ1) is 35.1. The lowest BCUT2D eigenvalue weighted by molar-refractivity contribution is -0.139. The maximum atomic E-state index is 14.9. The Labute approximate surface area is 298 Å². The number of imidazole rings is 1. The Morgan fingerprint density at radius 2 is 1.72 bits per heavy atom. The number of benzene rings is 3. The fraction of sp³-hybridized carbons (Fsp3) is 0.474. The predicted octanol–water partition coefficient (Wildman–Crippen LogP) is 7.19. The molecule has 7 rings (SSSR count). The van der Waals surface area contributed by atoms with Crippen LogP contribution in [0.25, 0.3) is 11.0 Å². The van der Waals surface area contributed by atoms with E-state index in [4.69, 9.17) is 21.3 Å². The molecule has 1 amide bonds. The van der Waals surface area contributed by atoms with E-state index in [0.29, 0.717) is 31.1 Å². The van der Waals surface area contributed by atoms with Crippen molar-refractivity contribution in [1.82, 2.24) is 24.1 Å². The number of nitrogens with zero attached hydrogens (tertiary/aromatic N) is 4. The number of aromatic nitrogens is 2. The molecule has 0 saturated carbocycles. The molecule has 0 spiro atoms. The molecule has 1 aromatic heterocycles. The molecule has 3 aromatic carbocycles. The van der Waals surface area contributed by atoms with Gasteiger partial charge in [0.1, 0.15) is 23.3 Å². The van der Waals surface area contributed by atoms with Crippen molar-refractivity contribution in [3.05, 3.63) is 94.5 Å². The van der Waals surface area contributed by atoms with Gasteiger partial charge in [0.25, 0.3) is 5.91 Å². The number of ether oxygens (including phenoxy) is 1. The second-order valence-electron chi connectivity index (χ2n) is 15.1. The number of aryl methyl sites for hydroxylation is 1. The third-order valence-corrected chi connectivity index (χ3v) is 12.7. The highest BCUT2D eigenvalue weighted by Gasteiger charge is 2.45. The van der Waals surface area contributed by atoms with E-state index < -0.39 is 37.8 Å². The highest BCUT2D eigenvalue weighted by Crippen LogP contribution is 2.44. The number of rotatable bonds is 8. The number of hydrogen-bond acceptors (Lipinski definition) is 6. The summed E-state index contributed by atoms with van der Waals surface area (Å²) >= 11 is 6.35. The molecule has 2 bridgehead atoms. The highest BCUT2D eigenvalue weighted by atomic mass is 35.5. The fourth-order valence-electron chi connectivity index (χ4n) is 8.41. The van der Waals surface area contributed by atoms with Gasteiger partial charge in [-0.3, -0.25) is 9.69 Å². The maximum Gasteiger partial charge on any atom is 0.257 e. The first-order chi connectivity index (χ1) is 23.7. The Morgan fingerprint density at radius 3 is 2.38 bits per heavy atom. The molecule has 3 aliphatic heterocycles. The minimum Gasteiger partial charge on any atom is -0.350 e. The van der Waals surface area contributed by atoms with Gasteiger partial charge in [0, 0.05) is 36.8 Å². The van der Waals surface area contributed by atoms with Crippen molar-refractivity contribution in [3.8, 4) is 0 Å². The quantitative estimate of drug-likeness (QED) is 0.207. The van der Waals surface area contributed by atoms with Crippen LogP contribution in [-0.4, -0.2) is 71.1 Å². The molecule has 12 heteroatoms. The molecule has 0 aliphatic carbocycles. The van der Waals surface area contributed by atoms with E-state index in [1.807, 2.05) is 24.3 Å². The smallest absolute Gasteiger partial charge is 0.257 e. The van der Waals surface area contributed by atoms with Crippen molar-refractivity contribution in [3.63, 3.8) is 0 Å². The topological polar surface area (TPSA) is 96.8 Å². The van der Waals surface area contributed by atoms with Crippen molar-refractivity contribution in [2.45, 2.75) is 100 Å². The number of carbonyl (C=O) groups excluding carboxylic acids is 1. The largest absolute Gasteiger partial charge is 0.350 e. The number of nitrogens with one attached hydrogen (secondary N) is 1. The number of fused-ring (bicyclic) bond motifs is 3. The van der Waals surface area contributed by atoms with E-state index in [2.05, 4.69) is 51.4 Å². The number of piperidine rings is 1. The average Bonchev–Trinajstić information content (AvgIpc) is 3.53. The summed E-state index contributed by atoms with van der Waals surface area (Å²) in [6.45, 7) is 8.32. The summed E-state index contributed by atoms with van der Waals surface area (Å²) in [5, 5.41) is -0.153. The maximum absolute atomic E-state index is 14.9. The van der Waals surface area contributed by atoms with Crippen LogP contribution >= 0.6 is 11.6 Å². The Balaban J connectivity index is 1.07. The zero-order valence-corrected chi connectivity index (χ0v) is 30.6. The van der Waals surface area contributed by atoms with Gasteiger partial charge in [0.05, 0.1) is 27.2 Å². The van der Waals surface area contributed by atoms with Crippen LogP contribution in [0.1, 0.15) is 87.1 Å². The summed E-state index contributed by atoms with van der Waals surface area (Å²) in [4.78, 5) is 22.2. The molecule has 3 saturated heterocycles. The lowest BCUT2D eigenvalue weighted by Gasteiger charge is -2.45. The van der Waals surface area contributed by atoms with Gasteiger partial charge in [0.2, 0.25) is 10.0 Å². The van der Waals surface area contributed by atoms with Crippen molar-refractivity contribution in [2.24, 2.45) is 0 Å². The van der Waals surface area contributed by atoms with Gasteiger partial charge in [-0.2, -0.15) is 0 Å². The van der Waals surface area contributed by atoms with Crippen molar-refractivity contribution >= 4 is 38.6 Å². The Hall–Kier alpha value is -3.35. The number of halogens is 2. The van der Waals surface area contributed by atoms with Crippen molar-refractivity contribution < 1.29 is 22.3 Å². The third-order valence-electron chi connectivity index (χ3n) is 10.6. The highest BCUT2D eigenvalue weighted by molar-refractivity contribution is 7.89. The van der Waals surface area contributed by atoms with Crippen LogP contribution in [0.5, 0.6) is 0 Å². The van der Waals surface area contributed by atoms with Gasteiger partial charge >= 0.3 is 0 Å². The molecule has 50 heavy (non-hydrogen) atoms. The predicted molar refractivity (Wildman–Crippen MR) is 192 cm³/mol. The fourth-order valence-corrected chi connectivity index (χ4v) is 10.1. The standard InChI is InChI=1S/C38H45ClFN5O4S/c1-25-41-33-12-8-9-13-34(33)45(25)29-20-27-14-15-28(21-29)44(27)19-17-38(26-10-6-5-7-11-26)16-18-43(24-49-38)36(46)30-22-35(32(40)23-31(30)39)50(47,48)42-37(2,3)4/h5-13,22-23,27-29,42H,14-21,24H2,1-4H3/t27-,28+,29+,38?. The first-order valence-corrected chi connectivity index (χ1v) is 19.3. The minimum absolute atomic E-state index is 0.00826. The van der Waals surface area contributed by atoms with E-state index in [1.54, 1.807) is 20.8 Å². The zero-order valence-electron chi connectivity index (χ0n) is 29.0. The molecular weight excluding hydrogens is 677 g/mol. The van der Waals surface area contributed by atoms with Gasteiger partial charge in [0.15, 0.2) is 0 Å². The van der Waals surface area contributed by atoms with Gasteiger partial charge in [-0.05, 0) is 96.0 Å². The monoisotopic (exact) mass is 721 g/mol. The molecule has 4 atom stereocenters. The molecule has 3 aliphatic rings. The van der Waals surface area contributed by atoms with Crippen LogP contribution in [0.4, 0.5) is 4.39 Å². The van der Waals surface area contributed by atoms with E-state index in [9.17, 15) is 17.6 Å². The summed E-state index contributed by atoms with van der Waals surface area (Å²) in [5.41, 5.74) is 1.79. The Morgan fingerprint density at radius 1 is 1.04 bits per heavy atom. The second-order valence-corrected chi connectivity index (χ2v) is 17.1. The summed E-state index contributed by atoms with van der Waals surface area (Å²) in [5.74, 6) is -0.456. The molecule has 4 aromatic rings. The van der Waals surface area contributed by atoms with Crippen LogP contribution in [-0.2, 0) is 20.4 Å². The summed E-state index contributed by atoms with van der Waals surface area (Å²) < 4.78 is 52.5. The SMILES string of the molecule is Cc1nc2ccccc2n1[C@H]1C[C@H]2CC[C@@H](C1)N2CCC1(c2ccccc2)CCN(C(=O)c2cc(S(=O)(=O)NC(C)(C)C)c(F)cc2Cl)CO1. The third kappa shape index (κ3) is 6.70. The first-order valence-electron chi connectivity index (χ1n) is 17.5. The number of para-hydroxylation sites is 2. The van der Waals surface area contributed by atoms with Crippen LogP contribution in [0, 0.1) is 12.7 Å². The summed E-state index contributed by atoms with van der Waals surface area (Å²) in [7, 11) is -4.25. The van der Waals surface area contributed by atoms with Crippen LogP contribution in [0.3, 0.4) is 0 Å². The van der Waals surface area contributed by atoms with E-state index in [0.717, 1.165) is 54.8 Å². The Bertz CT molecular complexity index is 1990. The van der Waals surface area contributed by atoms with Crippen molar-refractivity contribution in [1.29, 1.82) is 0 Å². The number of amides is 1. The minimum atomic E-state index is -4.25. The van der Waals surface area contributed by atoms with Gasteiger partial charge in [-0.25, -0.2) is 22.5 Å². The molecule has 3 fully saturated rings. The average molecular weight is 722 g/mol. The van der Waals surface area contributed by atoms with Gasteiger partial charge in [-0.1, -0.05) is 54.1 Å². The molecule has 4 heterocycles. The summed E-state index contributed by atoms with van der Waals surface area (Å²) in [6, 6.07) is 21.9. The number of sulfonamides is 1. The van der Waals surface area contributed by atoms with Crippen molar-refractivity contribution in [2.75, 3.05) is 19.8 Å². The van der Waals surface area contributed by atoms with E-state index in [1.165, 1.54) is 23.3 Å². The summed E-state index contributed by atoms with van der Waals surface area (Å²) in [6.07, 6.45) is 5.83. The molecule has 266 valence electrons. The van der Waals surface area contributed by atoms with E-state index >= 15 is 0 Å². The van der Waals surface area contributed by atoms with E-state index in [-0.39, 0.29) is 17.3 Å². The molecule has 0 radical (unpaired) electrons. The second kappa shape index (κ2) is 13.3. The lowest BCUT2D eigenvalue weighted by Crippen LogP contribution is -2.50. The zero-order chi connectivity index (χ0) is 35.4. The van der Waals surface area contributed by atoms with Gasteiger partial charge < -0.3 is 14.2 Å². The van der Waals surface area contributed by atoms with Crippen LogP contribution in [0.15, 0.2) is 71.6 Å². The molecular formula is C38H45ClFN5O4S. The molecule has 1 unspecified atom stereocenters. The molecule has 9 nitrogen and oxygen atoms in total. The number of carbonyl (C=O) groups is 1. The molecule has 1 N–H and O–H groups in total. The van der Waals surface area contributed by atoms with Crippen LogP contribution < -0.4 is 4.72 Å². The lowest BCUT2D eigenvalue weighted by atomic mass is 9.85. The van der Waals surface area contributed by atoms with Gasteiger partial charge in [-0.15, -0.1) is 0 Å². The number of hydrogen-bond donors (Lipinski definition) is 1. The normalized spacial score (nSPS) is 24.6. The Kier molecular flexibility index (Phi) is 9.34.